The molecule has 21 heavy (non-hydrogen) atoms. The van der Waals surface area contributed by atoms with E-state index in [1.165, 1.54) is 12.1 Å². The molecule has 2 heterocycles. The normalized spacial score (nSPS) is 12.3. The number of nitrogens with two attached hydrogens (primary N) is 1. The van der Waals surface area contributed by atoms with E-state index in [4.69, 9.17) is 10.2 Å². The molecule has 0 saturated carbocycles. The molecule has 3 rings (SSSR count). The molecular weight excluding hydrogens is 267 g/mol. The number of hydrogen-bond acceptors (Lipinski definition) is 3. The minimum Gasteiger partial charge on any atom is -0.461 e. The average molecular weight is 282 g/mol. The van der Waals surface area contributed by atoms with Crippen LogP contribution in [0, 0.1) is 5.82 Å². The zero-order chi connectivity index (χ0) is 14.7. The van der Waals surface area contributed by atoms with Crippen LogP contribution in [0.3, 0.4) is 0 Å². The number of halogens is 1. The third-order valence-corrected chi connectivity index (χ3v) is 3.35. The molecular formula is C17H15FN2O. The van der Waals surface area contributed by atoms with Crippen LogP contribution in [0.4, 0.5) is 4.39 Å². The number of pyridine rings is 1. The monoisotopic (exact) mass is 282 g/mol. The second-order valence-corrected chi connectivity index (χ2v) is 4.86. The van der Waals surface area contributed by atoms with E-state index in [9.17, 15) is 4.39 Å². The van der Waals surface area contributed by atoms with Crippen LogP contribution in [-0.4, -0.2) is 4.98 Å². The maximum atomic E-state index is 12.9. The number of hydrogen-bond donors (Lipinski definition) is 1. The van der Waals surface area contributed by atoms with Gasteiger partial charge in [0.05, 0.1) is 0 Å². The summed E-state index contributed by atoms with van der Waals surface area (Å²) < 4.78 is 18.7. The van der Waals surface area contributed by atoms with Crippen molar-refractivity contribution >= 4 is 0 Å². The Morgan fingerprint density at radius 1 is 1.00 bits per heavy atom. The summed E-state index contributed by atoms with van der Waals surface area (Å²) in [5, 5.41) is 0. The standard InChI is InChI=1S/C17H15FN2O/c18-14-3-1-13(2-4-14)17-6-5-15(21-17)11-16(19)12-7-9-20-10-8-12/h1-10,16H,11,19H2. The predicted octanol–water partition coefficient (Wildman–Crippen LogP) is 3.72. The molecule has 0 spiro atoms. The van der Waals surface area contributed by atoms with Crippen molar-refractivity contribution < 1.29 is 8.81 Å². The van der Waals surface area contributed by atoms with Crippen LogP contribution in [0.25, 0.3) is 11.3 Å². The first-order valence-corrected chi connectivity index (χ1v) is 6.72. The lowest BCUT2D eigenvalue weighted by molar-refractivity contribution is 0.499. The van der Waals surface area contributed by atoms with E-state index in [1.807, 2.05) is 24.3 Å². The van der Waals surface area contributed by atoms with Gasteiger partial charge in [0.2, 0.25) is 0 Å². The summed E-state index contributed by atoms with van der Waals surface area (Å²) in [4.78, 5) is 3.98. The number of benzene rings is 1. The summed E-state index contributed by atoms with van der Waals surface area (Å²) in [5.74, 6) is 1.26. The van der Waals surface area contributed by atoms with Gasteiger partial charge in [0, 0.05) is 30.4 Å². The fourth-order valence-electron chi connectivity index (χ4n) is 2.20. The Labute approximate surface area is 122 Å². The molecule has 106 valence electrons. The predicted molar refractivity (Wildman–Crippen MR) is 79.0 cm³/mol. The Balaban J connectivity index is 1.75. The maximum Gasteiger partial charge on any atom is 0.134 e. The van der Waals surface area contributed by atoms with Gasteiger partial charge in [0.15, 0.2) is 0 Å². The molecule has 2 N–H and O–H groups in total. The van der Waals surface area contributed by atoms with Gasteiger partial charge >= 0.3 is 0 Å². The first-order chi connectivity index (χ1) is 10.2. The first kappa shape index (κ1) is 13.5. The van der Waals surface area contributed by atoms with Crippen LogP contribution in [0.1, 0.15) is 17.4 Å². The Bertz CT molecular complexity index is 707. The molecule has 3 nitrogen and oxygen atoms in total. The first-order valence-electron chi connectivity index (χ1n) is 6.72. The molecule has 0 aliphatic rings. The lowest BCUT2D eigenvalue weighted by Crippen LogP contribution is -2.12. The number of nitrogens with zero attached hydrogens (tertiary/aromatic N) is 1. The third-order valence-electron chi connectivity index (χ3n) is 3.35. The van der Waals surface area contributed by atoms with Crippen molar-refractivity contribution in [3.8, 4) is 11.3 Å². The Morgan fingerprint density at radius 3 is 2.43 bits per heavy atom. The molecule has 1 atom stereocenters. The Morgan fingerprint density at radius 2 is 1.71 bits per heavy atom. The average Bonchev–Trinajstić information content (AvgIpc) is 2.97. The third kappa shape index (κ3) is 3.17. The molecule has 0 aliphatic carbocycles. The van der Waals surface area contributed by atoms with Gasteiger partial charge in [-0.1, -0.05) is 0 Å². The van der Waals surface area contributed by atoms with Crippen molar-refractivity contribution in [2.45, 2.75) is 12.5 Å². The molecule has 0 radical (unpaired) electrons. The summed E-state index contributed by atoms with van der Waals surface area (Å²) >= 11 is 0. The van der Waals surface area contributed by atoms with E-state index < -0.39 is 0 Å². The van der Waals surface area contributed by atoms with Gasteiger partial charge in [-0.05, 0) is 54.1 Å². The van der Waals surface area contributed by atoms with Crippen molar-refractivity contribution in [2.75, 3.05) is 0 Å². The van der Waals surface area contributed by atoms with Gasteiger partial charge in [-0.2, -0.15) is 0 Å². The molecule has 4 heteroatoms. The lowest BCUT2D eigenvalue weighted by atomic mass is 10.1. The van der Waals surface area contributed by atoms with Crippen molar-refractivity contribution in [2.24, 2.45) is 5.73 Å². The molecule has 0 bridgehead atoms. The highest BCUT2D eigenvalue weighted by Crippen LogP contribution is 2.24. The highest BCUT2D eigenvalue weighted by atomic mass is 19.1. The second-order valence-electron chi connectivity index (χ2n) is 4.86. The van der Waals surface area contributed by atoms with E-state index in [-0.39, 0.29) is 11.9 Å². The van der Waals surface area contributed by atoms with Crippen LogP contribution in [0.5, 0.6) is 0 Å². The molecule has 0 saturated heterocycles. The summed E-state index contributed by atoms with van der Waals surface area (Å²) in [7, 11) is 0. The van der Waals surface area contributed by atoms with Gasteiger partial charge in [-0.15, -0.1) is 0 Å². The van der Waals surface area contributed by atoms with Crippen LogP contribution < -0.4 is 5.73 Å². The van der Waals surface area contributed by atoms with E-state index in [0.717, 1.165) is 16.9 Å². The minimum absolute atomic E-state index is 0.139. The smallest absolute Gasteiger partial charge is 0.134 e. The quantitative estimate of drug-likeness (QED) is 0.793. The SMILES string of the molecule is NC(Cc1ccc(-c2ccc(F)cc2)o1)c1ccncc1. The summed E-state index contributed by atoms with van der Waals surface area (Å²) in [5.41, 5.74) is 8.02. The minimum atomic E-state index is -0.259. The lowest BCUT2D eigenvalue weighted by Gasteiger charge is -2.09. The van der Waals surface area contributed by atoms with Crippen LogP contribution >= 0.6 is 0 Å². The molecule has 0 amide bonds. The van der Waals surface area contributed by atoms with Gasteiger partial charge in [0.1, 0.15) is 17.3 Å². The summed E-state index contributed by atoms with van der Waals surface area (Å²) in [6.45, 7) is 0. The maximum absolute atomic E-state index is 12.9. The molecule has 0 fully saturated rings. The fourth-order valence-corrected chi connectivity index (χ4v) is 2.20. The zero-order valence-electron chi connectivity index (χ0n) is 11.4. The van der Waals surface area contributed by atoms with E-state index >= 15 is 0 Å². The van der Waals surface area contributed by atoms with Gasteiger partial charge in [0.25, 0.3) is 0 Å². The van der Waals surface area contributed by atoms with E-state index in [2.05, 4.69) is 4.98 Å². The van der Waals surface area contributed by atoms with Crippen LogP contribution in [0.15, 0.2) is 65.3 Å². The molecule has 1 unspecified atom stereocenters. The number of aromatic nitrogens is 1. The highest BCUT2D eigenvalue weighted by molar-refractivity contribution is 5.57. The molecule has 2 aromatic heterocycles. The Hall–Kier alpha value is -2.46. The Kier molecular flexibility index (Phi) is 3.79. The van der Waals surface area contributed by atoms with Crippen molar-refractivity contribution in [3.05, 3.63) is 78.1 Å². The van der Waals surface area contributed by atoms with E-state index in [1.54, 1.807) is 24.5 Å². The van der Waals surface area contributed by atoms with Crippen molar-refractivity contribution in [1.29, 1.82) is 0 Å². The summed E-state index contributed by atoms with van der Waals surface area (Å²) in [6.07, 6.45) is 4.05. The molecule has 3 aromatic rings. The van der Waals surface area contributed by atoms with Crippen molar-refractivity contribution in [1.82, 2.24) is 4.98 Å². The fraction of sp³-hybridized carbons (Fsp3) is 0.118. The van der Waals surface area contributed by atoms with Crippen LogP contribution in [0.2, 0.25) is 0 Å². The summed E-state index contributed by atoms with van der Waals surface area (Å²) in [6, 6.07) is 13.7. The molecule has 0 aliphatic heterocycles. The highest BCUT2D eigenvalue weighted by Gasteiger charge is 2.11. The van der Waals surface area contributed by atoms with Gasteiger partial charge in [-0.25, -0.2) is 4.39 Å². The van der Waals surface area contributed by atoms with Gasteiger partial charge < -0.3 is 10.2 Å². The van der Waals surface area contributed by atoms with Crippen molar-refractivity contribution in [3.63, 3.8) is 0 Å². The zero-order valence-corrected chi connectivity index (χ0v) is 11.4. The van der Waals surface area contributed by atoms with Crippen LogP contribution in [-0.2, 0) is 6.42 Å². The van der Waals surface area contributed by atoms with Gasteiger partial charge in [-0.3, -0.25) is 4.98 Å². The van der Waals surface area contributed by atoms with E-state index in [0.29, 0.717) is 12.2 Å². The topological polar surface area (TPSA) is 52.0 Å². The number of rotatable bonds is 4. The largest absolute Gasteiger partial charge is 0.461 e. The number of furan rings is 1. The molecule has 1 aromatic carbocycles. The second kappa shape index (κ2) is 5.89.